The second-order valence-electron chi connectivity index (χ2n) is 6.52. The van der Waals surface area contributed by atoms with Gasteiger partial charge in [-0.15, -0.1) is 0 Å². The van der Waals surface area contributed by atoms with Gasteiger partial charge in [-0.3, -0.25) is 0 Å². The first kappa shape index (κ1) is 17.2. The molecular weight excluding hydrogens is 334 g/mol. The molecule has 0 bridgehead atoms. The molecule has 4 nitrogen and oxygen atoms in total. The van der Waals surface area contributed by atoms with Crippen LogP contribution in [0.2, 0.25) is 0 Å². The van der Waals surface area contributed by atoms with Gasteiger partial charge >= 0.3 is 0 Å². The molecule has 0 aliphatic carbocycles. The van der Waals surface area contributed by atoms with E-state index < -0.39 is 0 Å². The van der Waals surface area contributed by atoms with Crippen LogP contribution in [-0.4, -0.2) is 6.67 Å². The van der Waals surface area contributed by atoms with Gasteiger partial charge < -0.3 is 20.3 Å². The highest BCUT2D eigenvalue weighted by Gasteiger charge is 2.16. The molecule has 27 heavy (non-hydrogen) atoms. The second-order valence-corrected chi connectivity index (χ2v) is 6.52. The zero-order valence-electron chi connectivity index (χ0n) is 15.2. The topological polar surface area (TPSA) is 41.7 Å². The molecule has 0 saturated heterocycles. The van der Waals surface area contributed by atoms with Gasteiger partial charge in [-0.05, 0) is 35.4 Å². The summed E-state index contributed by atoms with van der Waals surface area (Å²) in [6.07, 6.45) is 4.18. The van der Waals surface area contributed by atoms with E-state index in [1.807, 2.05) is 36.4 Å². The predicted octanol–water partition coefficient (Wildman–Crippen LogP) is 4.48. The number of nitrogens with two attached hydrogens (primary N) is 1. The monoisotopic (exact) mass is 357 g/mol. The second kappa shape index (κ2) is 7.98. The molecule has 0 aromatic heterocycles. The average Bonchev–Trinajstić information content (AvgIpc) is 3.24. The molecule has 0 amide bonds. The molecule has 0 atom stereocenters. The molecule has 4 heteroatoms. The van der Waals surface area contributed by atoms with E-state index in [-0.39, 0.29) is 0 Å². The Hall–Kier alpha value is -3.24. The van der Waals surface area contributed by atoms with Crippen LogP contribution in [0.15, 0.2) is 91.3 Å². The fourth-order valence-electron chi connectivity index (χ4n) is 3.11. The Labute approximate surface area is 160 Å². The third-order valence-electron chi connectivity index (χ3n) is 4.61. The Balaban J connectivity index is 1.43. The summed E-state index contributed by atoms with van der Waals surface area (Å²) in [6, 6.07) is 26.7. The first-order valence-corrected chi connectivity index (χ1v) is 9.09. The van der Waals surface area contributed by atoms with Crippen molar-refractivity contribution in [3.05, 3.63) is 102 Å². The van der Waals surface area contributed by atoms with Gasteiger partial charge in [-0.1, -0.05) is 48.5 Å². The van der Waals surface area contributed by atoms with Crippen LogP contribution in [0.25, 0.3) is 0 Å². The smallest absolute Gasteiger partial charge is 0.121 e. The predicted molar refractivity (Wildman–Crippen MR) is 111 cm³/mol. The normalized spacial score (nSPS) is 13.2. The molecule has 0 saturated carbocycles. The Morgan fingerprint density at radius 1 is 0.741 bits per heavy atom. The maximum Gasteiger partial charge on any atom is 0.121 e. The number of ether oxygens (including phenoxy) is 1. The van der Waals surface area contributed by atoms with Crippen molar-refractivity contribution in [1.29, 1.82) is 0 Å². The van der Waals surface area contributed by atoms with Crippen LogP contribution in [0, 0.1) is 0 Å². The lowest BCUT2D eigenvalue weighted by molar-refractivity contribution is 0.306. The van der Waals surface area contributed by atoms with Crippen molar-refractivity contribution < 1.29 is 4.74 Å². The van der Waals surface area contributed by atoms with Gasteiger partial charge in [0.2, 0.25) is 0 Å². The van der Waals surface area contributed by atoms with Crippen molar-refractivity contribution in [2.75, 3.05) is 16.5 Å². The third kappa shape index (κ3) is 4.13. The Kier molecular flexibility index (Phi) is 5.08. The summed E-state index contributed by atoms with van der Waals surface area (Å²) in [5.41, 5.74) is 10.3. The van der Waals surface area contributed by atoms with Crippen molar-refractivity contribution in [2.45, 2.75) is 13.2 Å². The first-order valence-electron chi connectivity index (χ1n) is 9.09. The Morgan fingerprint density at radius 2 is 1.41 bits per heavy atom. The Bertz CT molecular complexity index is 924. The van der Waals surface area contributed by atoms with Gasteiger partial charge in [0, 0.05) is 36.4 Å². The number of hydrogen-bond donors (Lipinski definition) is 1. The van der Waals surface area contributed by atoms with Crippen molar-refractivity contribution in [1.82, 2.24) is 0 Å². The lowest BCUT2D eigenvalue weighted by Gasteiger charge is -2.22. The van der Waals surface area contributed by atoms with Crippen LogP contribution in [0.3, 0.4) is 0 Å². The van der Waals surface area contributed by atoms with Crippen LogP contribution >= 0.6 is 0 Å². The number of rotatable bonds is 6. The molecule has 0 unspecified atom stereocenters. The first-order chi connectivity index (χ1) is 13.3. The summed E-state index contributed by atoms with van der Waals surface area (Å²) in [6.45, 7) is 1.88. The van der Waals surface area contributed by atoms with Crippen LogP contribution in [0.1, 0.15) is 11.1 Å². The van der Waals surface area contributed by atoms with E-state index >= 15 is 0 Å². The summed E-state index contributed by atoms with van der Waals surface area (Å²) in [5.74, 6) is 0.869. The maximum atomic E-state index is 5.96. The summed E-state index contributed by atoms with van der Waals surface area (Å²) in [4.78, 5) is 4.40. The fourth-order valence-corrected chi connectivity index (χ4v) is 3.11. The molecule has 1 aliphatic heterocycles. The molecule has 3 aromatic rings. The standard InChI is InChI=1S/C23H23N3O/c24-16-20-8-4-9-21(14-20)25-12-13-26(18-25)22-10-5-11-23(15-22)27-17-19-6-2-1-3-7-19/h1-15H,16-18,24H2. The highest BCUT2D eigenvalue weighted by Crippen LogP contribution is 2.27. The summed E-state index contributed by atoms with van der Waals surface area (Å²) >= 11 is 0. The summed E-state index contributed by atoms with van der Waals surface area (Å²) in [5, 5.41) is 0. The zero-order valence-corrected chi connectivity index (χ0v) is 15.2. The number of anilines is 2. The number of hydrogen-bond acceptors (Lipinski definition) is 4. The van der Waals surface area contributed by atoms with E-state index in [9.17, 15) is 0 Å². The fraction of sp³-hybridized carbons (Fsp3) is 0.130. The molecule has 3 aromatic carbocycles. The lowest BCUT2D eigenvalue weighted by atomic mass is 10.2. The van der Waals surface area contributed by atoms with Crippen LogP contribution in [0.4, 0.5) is 11.4 Å². The molecule has 2 N–H and O–H groups in total. The summed E-state index contributed by atoms with van der Waals surface area (Å²) < 4.78 is 5.96. The lowest BCUT2D eigenvalue weighted by Crippen LogP contribution is -2.24. The highest BCUT2D eigenvalue weighted by atomic mass is 16.5. The largest absolute Gasteiger partial charge is 0.489 e. The number of nitrogens with zero attached hydrogens (tertiary/aromatic N) is 2. The molecule has 0 fully saturated rings. The van der Waals surface area contributed by atoms with E-state index in [1.54, 1.807) is 0 Å². The zero-order chi connectivity index (χ0) is 18.5. The van der Waals surface area contributed by atoms with Gasteiger partial charge in [0.1, 0.15) is 12.4 Å². The molecule has 0 spiro atoms. The van der Waals surface area contributed by atoms with Crippen molar-refractivity contribution >= 4 is 11.4 Å². The average molecular weight is 357 g/mol. The van der Waals surface area contributed by atoms with Crippen molar-refractivity contribution in [3.8, 4) is 5.75 Å². The minimum absolute atomic E-state index is 0.551. The van der Waals surface area contributed by atoms with E-state index in [4.69, 9.17) is 10.5 Å². The summed E-state index contributed by atoms with van der Waals surface area (Å²) in [7, 11) is 0. The molecular formula is C23H23N3O. The minimum Gasteiger partial charge on any atom is -0.489 e. The molecule has 1 heterocycles. The quantitative estimate of drug-likeness (QED) is 0.706. The third-order valence-corrected chi connectivity index (χ3v) is 4.61. The number of benzene rings is 3. The van der Waals surface area contributed by atoms with Crippen LogP contribution < -0.4 is 20.3 Å². The van der Waals surface area contributed by atoms with Crippen LogP contribution in [0.5, 0.6) is 5.75 Å². The SMILES string of the molecule is NCc1cccc(N2C=CN(c3cccc(OCc4ccccc4)c3)C2)c1. The van der Waals surface area contributed by atoms with E-state index in [1.165, 1.54) is 0 Å². The Morgan fingerprint density at radius 3 is 2.15 bits per heavy atom. The maximum absolute atomic E-state index is 5.96. The van der Waals surface area contributed by atoms with E-state index in [2.05, 4.69) is 64.7 Å². The van der Waals surface area contributed by atoms with Gasteiger partial charge in [-0.25, -0.2) is 0 Å². The molecule has 1 aliphatic rings. The van der Waals surface area contributed by atoms with Gasteiger partial charge in [-0.2, -0.15) is 0 Å². The van der Waals surface area contributed by atoms with Crippen LogP contribution in [-0.2, 0) is 13.2 Å². The van der Waals surface area contributed by atoms with Crippen molar-refractivity contribution in [3.63, 3.8) is 0 Å². The highest BCUT2D eigenvalue weighted by molar-refractivity contribution is 5.60. The molecule has 136 valence electrons. The van der Waals surface area contributed by atoms with E-state index in [0.717, 1.165) is 34.9 Å². The molecule has 0 radical (unpaired) electrons. The minimum atomic E-state index is 0.551. The van der Waals surface area contributed by atoms with E-state index in [0.29, 0.717) is 13.2 Å². The molecule has 4 rings (SSSR count). The van der Waals surface area contributed by atoms with Gasteiger partial charge in [0.05, 0.1) is 6.67 Å². The van der Waals surface area contributed by atoms with Gasteiger partial charge in [0.15, 0.2) is 0 Å². The van der Waals surface area contributed by atoms with Gasteiger partial charge in [0.25, 0.3) is 0 Å². The van der Waals surface area contributed by atoms with Crippen molar-refractivity contribution in [2.24, 2.45) is 5.73 Å².